The SMILES string of the molecule is CC1CNCC(C)C1.N. The topological polar surface area (TPSA) is 47.0 Å². The lowest BCUT2D eigenvalue weighted by Gasteiger charge is -2.24. The molecule has 2 atom stereocenters. The molecule has 0 aromatic rings. The van der Waals surface area contributed by atoms with E-state index in [0.29, 0.717) is 0 Å². The molecule has 9 heavy (non-hydrogen) atoms. The minimum atomic E-state index is 0. The van der Waals surface area contributed by atoms with Crippen molar-refractivity contribution in [2.75, 3.05) is 13.1 Å². The van der Waals surface area contributed by atoms with Crippen LogP contribution >= 0.6 is 0 Å². The van der Waals surface area contributed by atoms with E-state index in [2.05, 4.69) is 19.2 Å². The molecule has 2 nitrogen and oxygen atoms in total. The molecule has 1 heterocycles. The zero-order chi connectivity index (χ0) is 5.98. The quantitative estimate of drug-likeness (QED) is 0.521. The second kappa shape index (κ2) is 3.85. The highest BCUT2D eigenvalue weighted by atomic mass is 14.9. The van der Waals surface area contributed by atoms with Gasteiger partial charge in [0, 0.05) is 0 Å². The van der Waals surface area contributed by atoms with Crippen LogP contribution in [0.3, 0.4) is 0 Å². The highest BCUT2D eigenvalue weighted by molar-refractivity contribution is 4.69. The predicted molar refractivity (Wildman–Crippen MR) is 40.8 cm³/mol. The molecular weight excluding hydrogens is 112 g/mol. The fourth-order valence-corrected chi connectivity index (χ4v) is 1.43. The van der Waals surface area contributed by atoms with E-state index in [4.69, 9.17) is 0 Å². The Balaban J connectivity index is 0.000000640. The van der Waals surface area contributed by atoms with E-state index in [1.165, 1.54) is 19.5 Å². The molecule has 1 fully saturated rings. The van der Waals surface area contributed by atoms with Crippen molar-refractivity contribution in [2.24, 2.45) is 11.8 Å². The molecular formula is C7H18N2. The Morgan fingerprint density at radius 2 is 1.56 bits per heavy atom. The third-order valence-electron chi connectivity index (χ3n) is 1.79. The van der Waals surface area contributed by atoms with Crippen molar-refractivity contribution in [3.05, 3.63) is 0 Å². The van der Waals surface area contributed by atoms with E-state index in [-0.39, 0.29) is 6.15 Å². The first-order valence-corrected chi connectivity index (χ1v) is 3.49. The van der Waals surface area contributed by atoms with E-state index in [0.717, 1.165) is 11.8 Å². The normalized spacial score (nSPS) is 35.3. The Labute approximate surface area is 57.6 Å². The Hall–Kier alpha value is -0.0800. The molecule has 0 aromatic carbocycles. The van der Waals surface area contributed by atoms with Crippen molar-refractivity contribution < 1.29 is 0 Å². The average Bonchev–Trinajstić information content (AvgIpc) is 1.64. The zero-order valence-electron chi connectivity index (χ0n) is 6.48. The van der Waals surface area contributed by atoms with Crippen LogP contribution in [0.1, 0.15) is 20.3 Å². The summed E-state index contributed by atoms with van der Waals surface area (Å²) in [6.07, 6.45) is 1.41. The van der Waals surface area contributed by atoms with Crippen molar-refractivity contribution >= 4 is 0 Å². The molecule has 1 rings (SSSR count). The predicted octanol–water partition coefficient (Wildman–Crippen LogP) is 1.41. The van der Waals surface area contributed by atoms with Crippen LogP contribution in [0.4, 0.5) is 0 Å². The maximum absolute atomic E-state index is 3.38. The summed E-state index contributed by atoms with van der Waals surface area (Å²) in [5.74, 6) is 1.80. The summed E-state index contributed by atoms with van der Waals surface area (Å²) in [6, 6.07) is 0. The maximum atomic E-state index is 3.38. The van der Waals surface area contributed by atoms with Crippen LogP contribution in [0, 0.1) is 11.8 Å². The lowest BCUT2D eigenvalue weighted by molar-refractivity contribution is 0.321. The number of nitrogens with one attached hydrogen (secondary N) is 1. The van der Waals surface area contributed by atoms with Crippen molar-refractivity contribution in [3.8, 4) is 0 Å². The van der Waals surface area contributed by atoms with Crippen molar-refractivity contribution in [1.29, 1.82) is 0 Å². The second-order valence-corrected chi connectivity index (χ2v) is 3.10. The summed E-state index contributed by atoms with van der Waals surface area (Å²) in [7, 11) is 0. The number of rotatable bonds is 0. The Morgan fingerprint density at radius 1 is 1.11 bits per heavy atom. The molecule has 0 amide bonds. The van der Waals surface area contributed by atoms with Gasteiger partial charge in [0.2, 0.25) is 0 Å². The Morgan fingerprint density at radius 3 is 1.78 bits per heavy atom. The standard InChI is InChI=1S/C7H15N.H3N/c1-6-3-7(2)5-8-4-6;/h6-8H,3-5H2,1-2H3;1H3. The van der Waals surface area contributed by atoms with E-state index >= 15 is 0 Å². The summed E-state index contributed by atoms with van der Waals surface area (Å²) in [5.41, 5.74) is 0. The van der Waals surface area contributed by atoms with Gasteiger partial charge in [0.15, 0.2) is 0 Å². The average molecular weight is 130 g/mol. The minimum absolute atomic E-state index is 0. The van der Waals surface area contributed by atoms with Gasteiger partial charge in [-0.3, -0.25) is 0 Å². The second-order valence-electron chi connectivity index (χ2n) is 3.10. The number of piperidine rings is 1. The monoisotopic (exact) mass is 130 g/mol. The van der Waals surface area contributed by atoms with Gasteiger partial charge in [-0.1, -0.05) is 13.8 Å². The first kappa shape index (κ1) is 8.92. The van der Waals surface area contributed by atoms with Gasteiger partial charge in [-0.15, -0.1) is 0 Å². The molecule has 0 saturated carbocycles. The van der Waals surface area contributed by atoms with Crippen molar-refractivity contribution in [3.63, 3.8) is 0 Å². The third-order valence-corrected chi connectivity index (χ3v) is 1.79. The van der Waals surface area contributed by atoms with Gasteiger partial charge in [0.1, 0.15) is 0 Å². The van der Waals surface area contributed by atoms with Crippen LogP contribution in [0.15, 0.2) is 0 Å². The summed E-state index contributed by atoms with van der Waals surface area (Å²) in [4.78, 5) is 0. The molecule has 1 saturated heterocycles. The Bertz CT molecular complexity index is 65.3. The maximum Gasteiger partial charge on any atom is -0.00229 e. The molecule has 0 spiro atoms. The largest absolute Gasteiger partial charge is 0.344 e. The molecule has 0 aromatic heterocycles. The van der Waals surface area contributed by atoms with Crippen LogP contribution in [-0.2, 0) is 0 Å². The van der Waals surface area contributed by atoms with Gasteiger partial charge in [-0.05, 0) is 31.3 Å². The van der Waals surface area contributed by atoms with Gasteiger partial charge >= 0.3 is 0 Å². The number of hydrogen-bond donors (Lipinski definition) is 2. The first-order valence-electron chi connectivity index (χ1n) is 3.49. The van der Waals surface area contributed by atoms with Crippen molar-refractivity contribution in [1.82, 2.24) is 11.5 Å². The molecule has 0 bridgehead atoms. The minimum Gasteiger partial charge on any atom is -0.344 e. The number of hydrogen-bond acceptors (Lipinski definition) is 2. The Kier molecular flexibility index (Phi) is 3.82. The van der Waals surface area contributed by atoms with Gasteiger partial charge < -0.3 is 11.5 Å². The highest BCUT2D eigenvalue weighted by Gasteiger charge is 2.12. The van der Waals surface area contributed by atoms with Gasteiger partial charge in [0.05, 0.1) is 0 Å². The van der Waals surface area contributed by atoms with E-state index in [1.807, 2.05) is 0 Å². The van der Waals surface area contributed by atoms with E-state index < -0.39 is 0 Å². The molecule has 56 valence electrons. The van der Waals surface area contributed by atoms with E-state index in [1.54, 1.807) is 0 Å². The molecule has 2 unspecified atom stereocenters. The molecule has 1 aliphatic rings. The highest BCUT2D eigenvalue weighted by Crippen LogP contribution is 2.13. The van der Waals surface area contributed by atoms with Crippen molar-refractivity contribution in [2.45, 2.75) is 20.3 Å². The first-order chi connectivity index (χ1) is 3.79. The molecule has 2 heteroatoms. The molecule has 4 N–H and O–H groups in total. The summed E-state index contributed by atoms with van der Waals surface area (Å²) >= 11 is 0. The van der Waals surface area contributed by atoms with Crippen LogP contribution in [-0.4, -0.2) is 13.1 Å². The molecule has 1 aliphatic heterocycles. The van der Waals surface area contributed by atoms with E-state index in [9.17, 15) is 0 Å². The van der Waals surface area contributed by atoms with Gasteiger partial charge in [-0.25, -0.2) is 0 Å². The van der Waals surface area contributed by atoms with Crippen LogP contribution < -0.4 is 11.5 Å². The summed E-state index contributed by atoms with van der Waals surface area (Å²) in [5, 5.41) is 3.38. The van der Waals surface area contributed by atoms with Crippen LogP contribution in [0.5, 0.6) is 0 Å². The van der Waals surface area contributed by atoms with Gasteiger partial charge in [0.25, 0.3) is 0 Å². The zero-order valence-corrected chi connectivity index (χ0v) is 6.48. The summed E-state index contributed by atoms with van der Waals surface area (Å²) in [6.45, 7) is 7.07. The van der Waals surface area contributed by atoms with Crippen LogP contribution in [0.25, 0.3) is 0 Å². The molecule has 0 aliphatic carbocycles. The smallest absolute Gasteiger partial charge is 0.00229 e. The fourth-order valence-electron chi connectivity index (χ4n) is 1.43. The fraction of sp³-hybridized carbons (Fsp3) is 1.00. The lowest BCUT2D eigenvalue weighted by atomic mass is 9.94. The van der Waals surface area contributed by atoms with Crippen LogP contribution in [0.2, 0.25) is 0 Å². The molecule has 0 radical (unpaired) electrons. The summed E-state index contributed by atoms with van der Waals surface area (Å²) < 4.78 is 0. The van der Waals surface area contributed by atoms with Gasteiger partial charge in [-0.2, -0.15) is 0 Å². The third kappa shape index (κ3) is 2.82. The lowest BCUT2D eigenvalue weighted by Crippen LogP contribution is -2.33.